The van der Waals surface area contributed by atoms with Gasteiger partial charge in [0.15, 0.2) is 0 Å². The van der Waals surface area contributed by atoms with Gasteiger partial charge in [-0.1, -0.05) is 6.07 Å². The number of benzene rings is 1. The van der Waals surface area contributed by atoms with E-state index in [9.17, 15) is 4.79 Å². The molecule has 1 aliphatic carbocycles. The molecule has 23 heavy (non-hydrogen) atoms. The highest BCUT2D eigenvalue weighted by atomic mass is 16.4. The number of rotatable bonds is 4. The van der Waals surface area contributed by atoms with Crippen molar-refractivity contribution in [3.8, 4) is 5.69 Å². The third kappa shape index (κ3) is 3.55. The Morgan fingerprint density at radius 3 is 2.57 bits per heavy atom. The zero-order valence-corrected chi connectivity index (χ0v) is 13.6. The molecule has 2 aromatic rings. The number of carboxylic acids is 1. The zero-order chi connectivity index (χ0) is 16.4. The molecule has 5 nitrogen and oxygen atoms in total. The molecule has 0 aliphatic heterocycles. The van der Waals surface area contributed by atoms with E-state index in [0.29, 0.717) is 6.04 Å². The van der Waals surface area contributed by atoms with Gasteiger partial charge in [0.2, 0.25) is 0 Å². The van der Waals surface area contributed by atoms with Crippen LogP contribution in [0.2, 0.25) is 0 Å². The number of aliphatic carboxylic acids is 1. The molecule has 1 saturated carbocycles. The van der Waals surface area contributed by atoms with Crippen molar-refractivity contribution in [1.82, 2.24) is 9.78 Å². The standard InChI is InChI=1S/C18H23N3O2/c1-12-10-13(2)21(20-12)17-5-3-4-16(11-17)19-15-8-6-14(7-9-15)18(22)23/h3-5,10-11,14-15,19H,6-9H2,1-2H3,(H,22,23). The Labute approximate surface area is 136 Å². The first-order chi connectivity index (χ1) is 11.0. The number of aromatic nitrogens is 2. The van der Waals surface area contributed by atoms with Crippen LogP contribution in [0.5, 0.6) is 0 Å². The smallest absolute Gasteiger partial charge is 0.306 e. The Kier molecular flexibility index (Phi) is 4.37. The van der Waals surface area contributed by atoms with Crippen molar-refractivity contribution >= 4 is 11.7 Å². The molecule has 0 amide bonds. The molecule has 1 fully saturated rings. The molecule has 3 rings (SSSR count). The number of carbonyl (C=O) groups is 1. The third-order valence-electron chi connectivity index (χ3n) is 4.55. The number of aryl methyl sites for hydroxylation is 2. The quantitative estimate of drug-likeness (QED) is 0.906. The first-order valence-corrected chi connectivity index (χ1v) is 8.16. The van der Waals surface area contributed by atoms with Gasteiger partial charge < -0.3 is 10.4 Å². The second kappa shape index (κ2) is 6.44. The maximum Gasteiger partial charge on any atom is 0.306 e. The molecule has 0 bridgehead atoms. The molecule has 0 atom stereocenters. The van der Waals surface area contributed by atoms with E-state index in [2.05, 4.69) is 28.6 Å². The van der Waals surface area contributed by atoms with Crippen molar-refractivity contribution in [1.29, 1.82) is 0 Å². The van der Waals surface area contributed by atoms with Gasteiger partial charge in [-0.25, -0.2) is 4.68 Å². The summed E-state index contributed by atoms with van der Waals surface area (Å²) in [6.45, 7) is 4.04. The Balaban J connectivity index is 1.69. The van der Waals surface area contributed by atoms with Gasteiger partial charge in [-0.2, -0.15) is 5.10 Å². The van der Waals surface area contributed by atoms with Crippen molar-refractivity contribution in [3.05, 3.63) is 41.7 Å². The van der Waals surface area contributed by atoms with Gasteiger partial charge in [0.1, 0.15) is 0 Å². The lowest BCUT2D eigenvalue weighted by Crippen LogP contribution is -2.29. The highest BCUT2D eigenvalue weighted by Crippen LogP contribution is 2.27. The van der Waals surface area contributed by atoms with Crippen LogP contribution < -0.4 is 5.32 Å². The summed E-state index contributed by atoms with van der Waals surface area (Å²) < 4.78 is 1.95. The molecule has 5 heteroatoms. The first-order valence-electron chi connectivity index (χ1n) is 8.16. The summed E-state index contributed by atoms with van der Waals surface area (Å²) in [5, 5.41) is 17.1. The average molecular weight is 313 g/mol. The summed E-state index contributed by atoms with van der Waals surface area (Å²) in [7, 11) is 0. The predicted molar refractivity (Wildman–Crippen MR) is 90.0 cm³/mol. The lowest BCUT2D eigenvalue weighted by atomic mass is 9.86. The van der Waals surface area contributed by atoms with Crippen LogP contribution in [0.3, 0.4) is 0 Å². The molecule has 1 aromatic heterocycles. The van der Waals surface area contributed by atoms with E-state index in [1.165, 1.54) is 0 Å². The summed E-state index contributed by atoms with van der Waals surface area (Å²) in [4.78, 5) is 11.0. The van der Waals surface area contributed by atoms with E-state index < -0.39 is 5.97 Å². The van der Waals surface area contributed by atoms with E-state index >= 15 is 0 Å². The largest absolute Gasteiger partial charge is 0.481 e. The van der Waals surface area contributed by atoms with Crippen LogP contribution in [0.25, 0.3) is 5.69 Å². The van der Waals surface area contributed by atoms with Gasteiger partial charge in [0.25, 0.3) is 0 Å². The maximum absolute atomic E-state index is 11.0. The first kappa shape index (κ1) is 15.6. The molecule has 0 radical (unpaired) electrons. The third-order valence-corrected chi connectivity index (χ3v) is 4.55. The molecule has 1 aromatic carbocycles. The van der Waals surface area contributed by atoms with Crippen LogP contribution in [-0.4, -0.2) is 26.9 Å². The zero-order valence-electron chi connectivity index (χ0n) is 13.6. The summed E-state index contributed by atoms with van der Waals surface area (Å²) >= 11 is 0. The van der Waals surface area contributed by atoms with Gasteiger partial charge in [-0.05, 0) is 63.8 Å². The second-order valence-corrected chi connectivity index (χ2v) is 6.42. The molecular formula is C18H23N3O2. The van der Waals surface area contributed by atoms with Gasteiger partial charge in [0, 0.05) is 17.4 Å². The molecule has 0 saturated heterocycles. The number of carboxylic acid groups (broad SMARTS) is 1. The van der Waals surface area contributed by atoms with Gasteiger partial charge in [0.05, 0.1) is 17.3 Å². The number of hydrogen-bond acceptors (Lipinski definition) is 3. The van der Waals surface area contributed by atoms with Crippen molar-refractivity contribution in [2.24, 2.45) is 5.92 Å². The minimum Gasteiger partial charge on any atom is -0.481 e. The van der Waals surface area contributed by atoms with Crippen molar-refractivity contribution in [3.63, 3.8) is 0 Å². The van der Waals surface area contributed by atoms with Crippen LogP contribution in [0.1, 0.15) is 37.1 Å². The number of nitrogens with zero attached hydrogens (tertiary/aromatic N) is 2. The maximum atomic E-state index is 11.0. The lowest BCUT2D eigenvalue weighted by Gasteiger charge is -2.27. The Bertz CT molecular complexity index is 700. The van der Waals surface area contributed by atoms with Crippen molar-refractivity contribution in [2.45, 2.75) is 45.6 Å². The number of anilines is 1. The van der Waals surface area contributed by atoms with E-state index in [1.807, 2.05) is 30.7 Å². The summed E-state index contributed by atoms with van der Waals surface area (Å²) in [6, 6.07) is 10.6. The van der Waals surface area contributed by atoms with Crippen molar-refractivity contribution < 1.29 is 9.90 Å². The normalized spacial score (nSPS) is 21.1. The molecular weight excluding hydrogens is 290 g/mol. The average Bonchev–Trinajstić information content (AvgIpc) is 2.87. The Morgan fingerprint density at radius 1 is 1.22 bits per heavy atom. The van der Waals surface area contributed by atoms with Crippen LogP contribution in [0, 0.1) is 19.8 Å². The highest BCUT2D eigenvalue weighted by molar-refractivity contribution is 5.70. The minimum absolute atomic E-state index is 0.172. The molecule has 1 heterocycles. The highest BCUT2D eigenvalue weighted by Gasteiger charge is 2.25. The molecule has 0 unspecified atom stereocenters. The minimum atomic E-state index is -0.657. The SMILES string of the molecule is Cc1cc(C)n(-c2cccc(NC3CCC(C(=O)O)CC3)c2)n1. The fraction of sp³-hybridized carbons (Fsp3) is 0.444. The topological polar surface area (TPSA) is 67.2 Å². The monoisotopic (exact) mass is 313 g/mol. The van der Waals surface area contributed by atoms with Crippen LogP contribution >= 0.6 is 0 Å². The van der Waals surface area contributed by atoms with E-state index in [1.54, 1.807) is 0 Å². The summed E-state index contributed by atoms with van der Waals surface area (Å²) in [6.07, 6.45) is 3.32. The Morgan fingerprint density at radius 2 is 1.96 bits per heavy atom. The number of hydrogen-bond donors (Lipinski definition) is 2. The van der Waals surface area contributed by atoms with Gasteiger partial charge in [-0.15, -0.1) is 0 Å². The van der Waals surface area contributed by atoms with Crippen LogP contribution in [-0.2, 0) is 4.79 Å². The molecule has 2 N–H and O–H groups in total. The second-order valence-electron chi connectivity index (χ2n) is 6.42. The molecule has 122 valence electrons. The summed E-state index contributed by atoms with van der Waals surface area (Å²) in [5.74, 6) is -0.830. The number of nitrogens with one attached hydrogen (secondary N) is 1. The van der Waals surface area contributed by atoms with Gasteiger partial charge in [-0.3, -0.25) is 4.79 Å². The Hall–Kier alpha value is -2.30. The van der Waals surface area contributed by atoms with E-state index in [0.717, 1.165) is 48.4 Å². The fourth-order valence-corrected chi connectivity index (χ4v) is 3.34. The van der Waals surface area contributed by atoms with Crippen molar-refractivity contribution in [2.75, 3.05) is 5.32 Å². The van der Waals surface area contributed by atoms with E-state index in [4.69, 9.17) is 5.11 Å². The van der Waals surface area contributed by atoms with E-state index in [-0.39, 0.29) is 5.92 Å². The van der Waals surface area contributed by atoms with Gasteiger partial charge >= 0.3 is 5.97 Å². The molecule has 1 aliphatic rings. The predicted octanol–water partition coefficient (Wildman–Crippen LogP) is 3.54. The van der Waals surface area contributed by atoms with Crippen LogP contribution in [0.15, 0.2) is 30.3 Å². The fourth-order valence-electron chi connectivity index (χ4n) is 3.34. The van der Waals surface area contributed by atoms with Crippen LogP contribution in [0.4, 0.5) is 5.69 Å². The lowest BCUT2D eigenvalue weighted by molar-refractivity contribution is -0.142. The molecule has 0 spiro atoms. The summed E-state index contributed by atoms with van der Waals surface area (Å²) in [5.41, 5.74) is 4.23.